The number of hydrogen-bond acceptors (Lipinski definition) is 3. The van der Waals surface area contributed by atoms with Crippen LogP contribution in [0.1, 0.15) is 0 Å². The minimum Gasteiger partial charge on any atom is -0.248 e. The first-order valence-electron chi connectivity index (χ1n) is 18.3. The van der Waals surface area contributed by atoms with Crippen molar-refractivity contribution in [2.24, 2.45) is 0 Å². The molecule has 10 aromatic rings. The Hall–Kier alpha value is -7.23. The predicted molar refractivity (Wildman–Crippen MR) is 225 cm³/mol. The third kappa shape index (κ3) is 5.69. The molecule has 2 aromatic heterocycles. The standard InChI is InChI=1S/C51H33N3/c1-4-14-34(15-5-1)45-32-47(52-46-31-28-35-16-10-11-21-41(35)50(45)46)38-26-24-36(25-27-38)40-29-30-44(43-23-13-12-22-42(40)43)49-33-48(37-17-6-2-7-18-37)53-51(54-49)39-19-8-3-9-20-39/h1-33H. The number of rotatable bonds is 6. The number of fused-ring (bicyclic) bond motifs is 4. The average Bonchev–Trinajstić information content (AvgIpc) is 3.26. The largest absolute Gasteiger partial charge is 0.248 e. The van der Waals surface area contributed by atoms with Crippen LogP contribution in [0.15, 0.2) is 200 Å². The van der Waals surface area contributed by atoms with Gasteiger partial charge in [-0.15, -0.1) is 0 Å². The number of aromatic nitrogens is 3. The minimum absolute atomic E-state index is 0.710. The van der Waals surface area contributed by atoms with Gasteiger partial charge in [0.25, 0.3) is 0 Å². The molecule has 0 amide bonds. The van der Waals surface area contributed by atoms with Crippen LogP contribution in [0.5, 0.6) is 0 Å². The second-order valence-electron chi connectivity index (χ2n) is 13.6. The van der Waals surface area contributed by atoms with Crippen LogP contribution < -0.4 is 0 Å². The molecule has 54 heavy (non-hydrogen) atoms. The lowest BCUT2D eigenvalue weighted by Crippen LogP contribution is -1.96. The summed E-state index contributed by atoms with van der Waals surface area (Å²) >= 11 is 0. The Morgan fingerprint density at radius 3 is 1.50 bits per heavy atom. The lowest BCUT2D eigenvalue weighted by Gasteiger charge is -2.15. The molecule has 0 unspecified atom stereocenters. The monoisotopic (exact) mass is 687 g/mol. The summed E-state index contributed by atoms with van der Waals surface area (Å²) in [7, 11) is 0. The molecule has 10 rings (SSSR count). The second-order valence-corrected chi connectivity index (χ2v) is 13.6. The maximum Gasteiger partial charge on any atom is 0.160 e. The Bertz CT molecular complexity index is 2900. The van der Waals surface area contributed by atoms with E-state index in [0.717, 1.165) is 55.8 Å². The van der Waals surface area contributed by atoms with E-state index in [2.05, 4.69) is 176 Å². The molecule has 3 heteroatoms. The normalized spacial score (nSPS) is 11.3. The fourth-order valence-electron chi connectivity index (χ4n) is 7.65. The van der Waals surface area contributed by atoms with E-state index in [1.807, 2.05) is 24.3 Å². The summed E-state index contributed by atoms with van der Waals surface area (Å²) in [6.07, 6.45) is 0. The van der Waals surface area contributed by atoms with Crippen LogP contribution in [0.3, 0.4) is 0 Å². The Morgan fingerprint density at radius 2 is 0.778 bits per heavy atom. The first kappa shape index (κ1) is 31.5. The van der Waals surface area contributed by atoms with Crippen LogP contribution >= 0.6 is 0 Å². The van der Waals surface area contributed by atoms with Gasteiger partial charge in [-0.3, -0.25) is 0 Å². The van der Waals surface area contributed by atoms with Gasteiger partial charge in [0.1, 0.15) is 0 Å². The topological polar surface area (TPSA) is 38.7 Å². The molecule has 3 nitrogen and oxygen atoms in total. The van der Waals surface area contributed by atoms with E-state index in [1.54, 1.807) is 0 Å². The summed E-state index contributed by atoms with van der Waals surface area (Å²) in [4.78, 5) is 15.4. The fourth-order valence-corrected chi connectivity index (χ4v) is 7.65. The van der Waals surface area contributed by atoms with Crippen LogP contribution in [0.25, 0.3) is 99.9 Å². The lowest BCUT2D eigenvalue weighted by atomic mass is 9.92. The van der Waals surface area contributed by atoms with Crippen molar-refractivity contribution in [1.29, 1.82) is 0 Å². The molecule has 0 spiro atoms. The maximum atomic E-state index is 5.23. The molecule has 2 heterocycles. The third-order valence-electron chi connectivity index (χ3n) is 10.3. The SMILES string of the molecule is c1ccc(-c2cc(-c3ccc(-c4ccc(-c5cc(-c6ccccc6)c6c(ccc7ccccc76)n5)cc4)c4ccccc34)nc(-c3ccccc3)n2)cc1. The van der Waals surface area contributed by atoms with E-state index in [0.29, 0.717) is 5.82 Å². The van der Waals surface area contributed by atoms with Crippen molar-refractivity contribution in [3.8, 4) is 67.4 Å². The zero-order chi connectivity index (χ0) is 35.8. The minimum atomic E-state index is 0.710. The molecular formula is C51H33N3. The molecule has 0 bridgehead atoms. The van der Waals surface area contributed by atoms with Crippen molar-refractivity contribution >= 4 is 32.4 Å². The van der Waals surface area contributed by atoms with Gasteiger partial charge in [0, 0.05) is 27.6 Å². The van der Waals surface area contributed by atoms with Gasteiger partial charge in [-0.1, -0.05) is 182 Å². The molecule has 0 saturated carbocycles. The lowest BCUT2D eigenvalue weighted by molar-refractivity contribution is 1.18. The van der Waals surface area contributed by atoms with E-state index < -0.39 is 0 Å². The summed E-state index contributed by atoms with van der Waals surface area (Å²) in [5.41, 5.74) is 12.6. The molecule has 252 valence electrons. The molecule has 0 aliphatic rings. The van der Waals surface area contributed by atoms with Crippen molar-refractivity contribution in [3.63, 3.8) is 0 Å². The number of nitrogens with zero attached hydrogens (tertiary/aromatic N) is 3. The molecular weight excluding hydrogens is 655 g/mol. The highest BCUT2D eigenvalue weighted by Gasteiger charge is 2.16. The van der Waals surface area contributed by atoms with E-state index in [9.17, 15) is 0 Å². The van der Waals surface area contributed by atoms with E-state index in [1.165, 1.54) is 38.2 Å². The fraction of sp³-hybridized carbons (Fsp3) is 0. The van der Waals surface area contributed by atoms with Gasteiger partial charge in [-0.25, -0.2) is 15.0 Å². The number of benzene rings is 8. The summed E-state index contributed by atoms with van der Waals surface area (Å²) in [5, 5.41) is 5.93. The molecule has 0 fully saturated rings. The highest BCUT2D eigenvalue weighted by molar-refractivity contribution is 6.14. The van der Waals surface area contributed by atoms with Crippen LogP contribution in [-0.4, -0.2) is 15.0 Å². The molecule has 0 saturated heterocycles. The van der Waals surface area contributed by atoms with Gasteiger partial charge >= 0.3 is 0 Å². The average molecular weight is 688 g/mol. The van der Waals surface area contributed by atoms with Gasteiger partial charge in [-0.2, -0.15) is 0 Å². The zero-order valence-electron chi connectivity index (χ0n) is 29.4. The van der Waals surface area contributed by atoms with Crippen LogP contribution in [0, 0.1) is 0 Å². The van der Waals surface area contributed by atoms with Crippen molar-refractivity contribution in [3.05, 3.63) is 200 Å². The van der Waals surface area contributed by atoms with Crippen molar-refractivity contribution < 1.29 is 0 Å². The smallest absolute Gasteiger partial charge is 0.160 e. The number of hydrogen-bond donors (Lipinski definition) is 0. The molecule has 8 aromatic carbocycles. The first-order chi connectivity index (χ1) is 26.8. The van der Waals surface area contributed by atoms with E-state index in [-0.39, 0.29) is 0 Å². The van der Waals surface area contributed by atoms with Crippen LogP contribution in [0.4, 0.5) is 0 Å². The van der Waals surface area contributed by atoms with Gasteiger partial charge in [0.05, 0.1) is 22.6 Å². The molecule has 0 aliphatic heterocycles. The van der Waals surface area contributed by atoms with E-state index >= 15 is 0 Å². The summed E-state index contributed by atoms with van der Waals surface area (Å²) < 4.78 is 0. The van der Waals surface area contributed by atoms with Gasteiger partial charge in [0.15, 0.2) is 5.82 Å². The highest BCUT2D eigenvalue weighted by atomic mass is 14.9. The van der Waals surface area contributed by atoms with E-state index in [4.69, 9.17) is 15.0 Å². The maximum absolute atomic E-state index is 5.23. The molecule has 0 radical (unpaired) electrons. The molecule has 0 aliphatic carbocycles. The van der Waals surface area contributed by atoms with Gasteiger partial charge in [0.2, 0.25) is 0 Å². The van der Waals surface area contributed by atoms with Crippen molar-refractivity contribution in [2.75, 3.05) is 0 Å². The molecule has 0 atom stereocenters. The van der Waals surface area contributed by atoms with Crippen LogP contribution in [0.2, 0.25) is 0 Å². The van der Waals surface area contributed by atoms with Crippen LogP contribution in [-0.2, 0) is 0 Å². The highest BCUT2D eigenvalue weighted by Crippen LogP contribution is 2.39. The summed E-state index contributed by atoms with van der Waals surface area (Å²) in [5.74, 6) is 0.710. The first-order valence-corrected chi connectivity index (χ1v) is 18.3. The van der Waals surface area contributed by atoms with Crippen molar-refractivity contribution in [1.82, 2.24) is 15.0 Å². The zero-order valence-corrected chi connectivity index (χ0v) is 29.4. The Morgan fingerprint density at radius 1 is 0.278 bits per heavy atom. The Balaban J connectivity index is 1.07. The molecule has 0 N–H and O–H groups in total. The third-order valence-corrected chi connectivity index (χ3v) is 10.3. The Labute approximate surface area is 313 Å². The number of pyridine rings is 1. The van der Waals surface area contributed by atoms with Gasteiger partial charge < -0.3 is 0 Å². The quantitative estimate of drug-likeness (QED) is 0.163. The summed E-state index contributed by atoms with van der Waals surface area (Å²) in [6, 6.07) is 70.3. The van der Waals surface area contributed by atoms with Gasteiger partial charge in [-0.05, 0) is 62.0 Å². The Kier molecular flexibility index (Phi) is 7.81. The second kappa shape index (κ2) is 13.4. The summed E-state index contributed by atoms with van der Waals surface area (Å²) in [6.45, 7) is 0. The predicted octanol–water partition coefficient (Wildman–Crippen LogP) is 13.3. The van der Waals surface area contributed by atoms with Crippen molar-refractivity contribution in [2.45, 2.75) is 0 Å².